The molecule has 0 saturated heterocycles. The van der Waals surface area contributed by atoms with E-state index < -0.39 is 29.5 Å². The van der Waals surface area contributed by atoms with E-state index in [4.69, 9.17) is 16.4 Å². The van der Waals surface area contributed by atoms with Crippen LogP contribution in [0.4, 0.5) is 13.2 Å². The van der Waals surface area contributed by atoms with Gasteiger partial charge in [0.2, 0.25) is 0 Å². The monoisotopic (exact) mass is 296 g/mol. The number of terminal acetylenes is 1. The topological polar surface area (TPSA) is 62.1 Å². The zero-order valence-electron chi connectivity index (χ0n) is 11.0. The van der Waals surface area contributed by atoms with Gasteiger partial charge in [0.15, 0.2) is 6.10 Å². The third kappa shape index (κ3) is 4.43. The molecule has 1 N–H and O–H groups in total. The second kappa shape index (κ2) is 6.67. The number of amides is 1. The molecule has 0 spiro atoms. The van der Waals surface area contributed by atoms with Crippen LogP contribution in [0.15, 0.2) is 18.2 Å². The number of nitriles is 1. The normalized spacial score (nSPS) is 11.9. The van der Waals surface area contributed by atoms with Gasteiger partial charge in [0.1, 0.15) is 5.75 Å². The van der Waals surface area contributed by atoms with Crippen molar-refractivity contribution in [3.8, 4) is 24.2 Å². The summed E-state index contributed by atoms with van der Waals surface area (Å²) in [7, 11) is 0. The van der Waals surface area contributed by atoms with Crippen LogP contribution in [0.25, 0.3) is 0 Å². The smallest absolute Gasteiger partial charge is 0.420 e. The van der Waals surface area contributed by atoms with Crippen molar-refractivity contribution in [2.45, 2.75) is 19.2 Å². The highest BCUT2D eigenvalue weighted by Gasteiger charge is 2.35. The van der Waals surface area contributed by atoms with Crippen LogP contribution in [-0.2, 0) is 11.0 Å². The summed E-state index contributed by atoms with van der Waals surface area (Å²) in [6.45, 7) is 1.25. The van der Waals surface area contributed by atoms with Gasteiger partial charge in [0.05, 0.1) is 23.7 Å². The molecule has 4 nitrogen and oxygen atoms in total. The number of nitrogens with one attached hydrogen (secondary N) is 1. The first-order valence-electron chi connectivity index (χ1n) is 5.78. The molecule has 1 aromatic rings. The predicted octanol–water partition coefficient (Wildman–Crippen LogP) is 2.09. The van der Waals surface area contributed by atoms with Gasteiger partial charge in [0.25, 0.3) is 5.91 Å². The Labute approximate surface area is 119 Å². The summed E-state index contributed by atoms with van der Waals surface area (Å²) in [6.07, 6.45) is -0.899. The Kier molecular flexibility index (Phi) is 5.20. The zero-order chi connectivity index (χ0) is 16.0. The van der Waals surface area contributed by atoms with Gasteiger partial charge in [-0.05, 0) is 25.1 Å². The number of carbonyl (C=O) groups excluding carboxylic acids is 1. The standard InChI is InChI=1S/C14H11F3N2O2/c1-3-6-19-13(20)9(2)21-12-5-4-10(8-18)7-11(12)14(15,16)17/h1,4-5,7,9H,6H2,2H3,(H,19,20). The first kappa shape index (κ1) is 16.4. The van der Waals surface area contributed by atoms with E-state index in [1.807, 2.05) is 0 Å². The maximum absolute atomic E-state index is 12.9. The molecule has 1 amide bonds. The number of hydrogen-bond acceptors (Lipinski definition) is 3. The molecule has 1 aromatic carbocycles. The number of alkyl halides is 3. The van der Waals surface area contributed by atoms with E-state index in [1.165, 1.54) is 13.0 Å². The van der Waals surface area contributed by atoms with E-state index in [1.54, 1.807) is 6.07 Å². The number of benzene rings is 1. The molecule has 0 aliphatic heterocycles. The second-order valence-electron chi connectivity index (χ2n) is 4.00. The Bertz CT molecular complexity index is 612. The van der Waals surface area contributed by atoms with Gasteiger partial charge in [-0.1, -0.05) is 5.92 Å². The SMILES string of the molecule is C#CCNC(=O)C(C)Oc1ccc(C#N)cc1C(F)(F)F. The van der Waals surface area contributed by atoms with Crippen molar-refractivity contribution in [3.63, 3.8) is 0 Å². The zero-order valence-corrected chi connectivity index (χ0v) is 11.0. The summed E-state index contributed by atoms with van der Waals surface area (Å²) in [5.74, 6) is 1.01. The van der Waals surface area contributed by atoms with Crippen LogP contribution in [0.3, 0.4) is 0 Å². The van der Waals surface area contributed by atoms with Crippen molar-refractivity contribution in [2.24, 2.45) is 0 Å². The molecule has 0 fully saturated rings. The molecule has 0 aliphatic carbocycles. The minimum Gasteiger partial charge on any atom is -0.480 e. The van der Waals surface area contributed by atoms with Crippen LogP contribution >= 0.6 is 0 Å². The fraction of sp³-hybridized carbons (Fsp3) is 0.286. The molecule has 21 heavy (non-hydrogen) atoms. The van der Waals surface area contributed by atoms with Crippen LogP contribution < -0.4 is 10.1 Å². The lowest BCUT2D eigenvalue weighted by molar-refractivity contribution is -0.140. The lowest BCUT2D eigenvalue weighted by atomic mass is 10.1. The Balaban J connectivity index is 3.01. The molecule has 1 unspecified atom stereocenters. The van der Waals surface area contributed by atoms with Gasteiger partial charge in [-0.3, -0.25) is 4.79 Å². The van der Waals surface area contributed by atoms with E-state index in [0.29, 0.717) is 6.07 Å². The summed E-state index contributed by atoms with van der Waals surface area (Å²) in [5, 5.41) is 10.9. The fourth-order valence-corrected chi connectivity index (χ4v) is 1.45. The van der Waals surface area contributed by atoms with Crippen molar-refractivity contribution in [2.75, 3.05) is 6.54 Å². The highest BCUT2D eigenvalue weighted by molar-refractivity contribution is 5.81. The molecule has 110 valence electrons. The van der Waals surface area contributed by atoms with Gasteiger partial charge >= 0.3 is 6.18 Å². The van der Waals surface area contributed by atoms with Gasteiger partial charge in [-0.25, -0.2) is 0 Å². The molecule has 0 bridgehead atoms. The number of rotatable bonds is 4. The molecular weight excluding hydrogens is 285 g/mol. The molecular formula is C14H11F3N2O2. The molecule has 1 atom stereocenters. The van der Waals surface area contributed by atoms with Crippen LogP contribution in [0.1, 0.15) is 18.1 Å². The summed E-state index contributed by atoms with van der Waals surface area (Å²) < 4.78 is 43.7. The van der Waals surface area contributed by atoms with Crippen LogP contribution in [0.2, 0.25) is 0 Å². The molecule has 0 aromatic heterocycles. The molecule has 0 heterocycles. The molecule has 0 saturated carbocycles. The van der Waals surface area contributed by atoms with Gasteiger partial charge in [0, 0.05) is 0 Å². The maximum atomic E-state index is 12.9. The maximum Gasteiger partial charge on any atom is 0.420 e. The number of ether oxygens (including phenoxy) is 1. The average molecular weight is 296 g/mol. The third-order valence-corrected chi connectivity index (χ3v) is 2.45. The largest absolute Gasteiger partial charge is 0.480 e. The second-order valence-corrected chi connectivity index (χ2v) is 4.00. The van der Waals surface area contributed by atoms with E-state index in [-0.39, 0.29) is 12.1 Å². The van der Waals surface area contributed by atoms with E-state index in [2.05, 4.69) is 11.2 Å². The lowest BCUT2D eigenvalue weighted by Crippen LogP contribution is -2.36. The average Bonchev–Trinajstić information content (AvgIpc) is 2.43. The number of hydrogen-bond donors (Lipinski definition) is 1. The Hall–Kier alpha value is -2.67. The predicted molar refractivity (Wildman–Crippen MR) is 68.1 cm³/mol. The Morgan fingerprint density at radius 3 is 2.71 bits per heavy atom. The number of nitrogens with zero attached hydrogens (tertiary/aromatic N) is 1. The summed E-state index contributed by atoms with van der Waals surface area (Å²) in [6, 6.07) is 4.47. The lowest BCUT2D eigenvalue weighted by Gasteiger charge is -2.18. The van der Waals surface area contributed by atoms with E-state index in [0.717, 1.165) is 6.07 Å². The van der Waals surface area contributed by atoms with Crippen LogP contribution in [0, 0.1) is 23.7 Å². The molecule has 0 radical (unpaired) electrons. The minimum absolute atomic E-state index is 0.0496. The van der Waals surface area contributed by atoms with E-state index in [9.17, 15) is 18.0 Å². The van der Waals surface area contributed by atoms with Crippen molar-refractivity contribution < 1.29 is 22.7 Å². The van der Waals surface area contributed by atoms with Crippen molar-refractivity contribution in [3.05, 3.63) is 29.3 Å². The van der Waals surface area contributed by atoms with Gasteiger partial charge in [-0.2, -0.15) is 18.4 Å². The highest BCUT2D eigenvalue weighted by atomic mass is 19.4. The quantitative estimate of drug-likeness (QED) is 0.865. The number of carbonyl (C=O) groups is 1. The van der Waals surface area contributed by atoms with Crippen molar-refractivity contribution in [1.82, 2.24) is 5.32 Å². The van der Waals surface area contributed by atoms with Crippen LogP contribution in [-0.4, -0.2) is 18.6 Å². The molecule has 0 aliphatic rings. The molecule has 1 rings (SSSR count). The Morgan fingerprint density at radius 1 is 1.52 bits per heavy atom. The summed E-state index contributed by atoms with van der Waals surface area (Å²) in [5.41, 5.74) is -1.27. The summed E-state index contributed by atoms with van der Waals surface area (Å²) in [4.78, 5) is 11.5. The van der Waals surface area contributed by atoms with Gasteiger partial charge in [-0.15, -0.1) is 6.42 Å². The third-order valence-electron chi connectivity index (χ3n) is 2.45. The minimum atomic E-state index is -4.70. The van der Waals surface area contributed by atoms with E-state index >= 15 is 0 Å². The fourth-order valence-electron chi connectivity index (χ4n) is 1.45. The molecule has 7 heteroatoms. The number of halogens is 3. The summed E-state index contributed by atoms with van der Waals surface area (Å²) >= 11 is 0. The first-order chi connectivity index (χ1) is 9.79. The Morgan fingerprint density at radius 2 is 2.19 bits per heavy atom. The highest BCUT2D eigenvalue weighted by Crippen LogP contribution is 2.37. The van der Waals surface area contributed by atoms with Crippen molar-refractivity contribution >= 4 is 5.91 Å². The van der Waals surface area contributed by atoms with Crippen LogP contribution in [0.5, 0.6) is 5.75 Å². The van der Waals surface area contributed by atoms with Gasteiger partial charge < -0.3 is 10.1 Å². The van der Waals surface area contributed by atoms with Crippen molar-refractivity contribution in [1.29, 1.82) is 5.26 Å². The first-order valence-corrected chi connectivity index (χ1v) is 5.78.